The van der Waals surface area contributed by atoms with Gasteiger partial charge < -0.3 is 14.5 Å². The Bertz CT molecular complexity index is 969. The average Bonchev–Trinajstić information content (AvgIpc) is 3.52. The van der Waals surface area contributed by atoms with Crippen molar-refractivity contribution in [1.82, 2.24) is 4.90 Å². The maximum Gasteiger partial charge on any atom is 0.228 e. The number of amides is 2. The van der Waals surface area contributed by atoms with Crippen LogP contribution in [0.1, 0.15) is 41.9 Å². The predicted molar refractivity (Wildman–Crippen MR) is 116 cm³/mol. The molecule has 0 bridgehead atoms. The number of benzene rings is 2. The Morgan fingerprint density at radius 2 is 1.83 bits per heavy atom. The summed E-state index contributed by atoms with van der Waals surface area (Å²) in [6.45, 7) is 1.99. The molecule has 3 aliphatic rings. The van der Waals surface area contributed by atoms with Crippen molar-refractivity contribution in [1.29, 1.82) is 0 Å². The van der Waals surface area contributed by atoms with Gasteiger partial charge in [-0.3, -0.25) is 9.59 Å². The minimum atomic E-state index is -0.236. The van der Waals surface area contributed by atoms with Crippen molar-refractivity contribution in [2.24, 2.45) is 5.92 Å². The van der Waals surface area contributed by atoms with Crippen LogP contribution in [0, 0.1) is 5.92 Å². The zero-order chi connectivity index (χ0) is 20.7. The lowest BCUT2D eigenvalue weighted by molar-refractivity contribution is -0.134. The third-order valence-corrected chi connectivity index (χ3v) is 6.96. The van der Waals surface area contributed by atoms with Gasteiger partial charge in [-0.25, -0.2) is 0 Å². The van der Waals surface area contributed by atoms with Crippen molar-refractivity contribution in [3.8, 4) is 5.75 Å². The number of aryl methyl sites for hydroxylation is 2. The third kappa shape index (κ3) is 3.47. The first-order valence-corrected chi connectivity index (χ1v) is 11.0. The molecule has 156 valence electrons. The van der Waals surface area contributed by atoms with Crippen LogP contribution in [0.4, 0.5) is 5.69 Å². The smallest absolute Gasteiger partial charge is 0.228 e. The number of carbonyl (C=O) groups is 2. The number of rotatable bonds is 4. The van der Waals surface area contributed by atoms with Crippen LogP contribution in [-0.2, 0) is 22.4 Å². The minimum absolute atomic E-state index is 0.0669. The highest BCUT2D eigenvalue weighted by Gasteiger charge is 2.39. The summed E-state index contributed by atoms with van der Waals surface area (Å²) in [7, 11) is 1.67. The van der Waals surface area contributed by atoms with Crippen molar-refractivity contribution in [2.75, 3.05) is 31.6 Å². The first kappa shape index (κ1) is 19.2. The van der Waals surface area contributed by atoms with E-state index in [2.05, 4.69) is 24.3 Å². The van der Waals surface area contributed by atoms with Crippen molar-refractivity contribution in [3.63, 3.8) is 0 Å². The second kappa shape index (κ2) is 7.78. The lowest BCUT2D eigenvalue weighted by atomic mass is 9.98. The van der Waals surface area contributed by atoms with Gasteiger partial charge in [-0.1, -0.05) is 18.2 Å². The van der Waals surface area contributed by atoms with Crippen LogP contribution in [0.3, 0.4) is 0 Å². The molecule has 0 N–H and O–H groups in total. The van der Waals surface area contributed by atoms with E-state index in [1.54, 1.807) is 7.11 Å². The van der Waals surface area contributed by atoms with Gasteiger partial charge in [0.15, 0.2) is 0 Å². The van der Waals surface area contributed by atoms with Crippen LogP contribution in [0.2, 0.25) is 0 Å². The van der Waals surface area contributed by atoms with E-state index < -0.39 is 0 Å². The number of methoxy groups -OCH3 is 1. The van der Waals surface area contributed by atoms with Crippen LogP contribution >= 0.6 is 0 Å². The highest BCUT2D eigenvalue weighted by atomic mass is 16.5. The van der Waals surface area contributed by atoms with Gasteiger partial charge in [0.25, 0.3) is 0 Å². The molecule has 2 aromatic rings. The highest BCUT2D eigenvalue weighted by Crippen LogP contribution is 2.33. The van der Waals surface area contributed by atoms with Gasteiger partial charge in [-0.15, -0.1) is 0 Å². The molecule has 0 radical (unpaired) electrons. The van der Waals surface area contributed by atoms with Gasteiger partial charge in [-0.2, -0.15) is 0 Å². The van der Waals surface area contributed by atoms with Gasteiger partial charge >= 0.3 is 0 Å². The molecule has 2 aromatic carbocycles. The molecule has 0 aromatic heterocycles. The largest absolute Gasteiger partial charge is 0.497 e. The molecule has 2 aliphatic heterocycles. The summed E-state index contributed by atoms with van der Waals surface area (Å²) >= 11 is 0. The Hall–Kier alpha value is -2.82. The number of nitrogens with zero attached hydrogens (tertiary/aromatic N) is 2. The summed E-state index contributed by atoms with van der Waals surface area (Å²) in [6.07, 6.45) is 4.70. The first-order chi connectivity index (χ1) is 14.6. The molecule has 2 heterocycles. The molecule has 1 aliphatic carbocycles. The number of hydrogen-bond donors (Lipinski definition) is 0. The highest BCUT2D eigenvalue weighted by molar-refractivity contribution is 6.00. The normalized spacial score (nSPS) is 23.2. The standard InChI is InChI=1S/C25H28N2O3/c1-30-23-9-6-18(7-10-23)20-11-12-26(15-20)25(29)21-14-24(28)27(16-21)22-8-5-17-3-2-4-19(17)13-22/h5-10,13,20-21H,2-4,11-12,14-16H2,1H3. The summed E-state index contributed by atoms with van der Waals surface area (Å²) in [5.74, 6) is 1.16. The topological polar surface area (TPSA) is 49.9 Å². The van der Waals surface area contributed by atoms with E-state index in [4.69, 9.17) is 4.74 Å². The molecular weight excluding hydrogens is 376 g/mol. The summed E-state index contributed by atoms with van der Waals surface area (Å²) in [5.41, 5.74) is 4.96. The molecule has 2 unspecified atom stereocenters. The Labute approximate surface area is 177 Å². The Balaban J connectivity index is 1.24. The molecule has 0 spiro atoms. The van der Waals surface area contributed by atoms with Gasteiger partial charge in [0.2, 0.25) is 11.8 Å². The quantitative estimate of drug-likeness (QED) is 0.783. The molecule has 5 heteroatoms. The number of fused-ring (bicyclic) bond motifs is 1. The van der Waals surface area contributed by atoms with Crippen molar-refractivity contribution >= 4 is 17.5 Å². The zero-order valence-corrected chi connectivity index (χ0v) is 17.5. The maximum atomic E-state index is 13.2. The summed E-state index contributed by atoms with van der Waals surface area (Å²) < 4.78 is 5.24. The van der Waals surface area contributed by atoms with E-state index in [0.29, 0.717) is 18.9 Å². The molecule has 5 nitrogen and oxygen atoms in total. The number of carbonyl (C=O) groups excluding carboxylic acids is 2. The Morgan fingerprint density at radius 1 is 1.03 bits per heavy atom. The molecule has 2 amide bonds. The summed E-state index contributed by atoms with van der Waals surface area (Å²) in [6, 6.07) is 14.5. The maximum absolute atomic E-state index is 13.2. The van der Waals surface area contributed by atoms with Crippen molar-refractivity contribution in [3.05, 3.63) is 59.2 Å². The van der Waals surface area contributed by atoms with Crippen LogP contribution in [0.15, 0.2) is 42.5 Å². The lowest BCUT2D eigenvalue weighted by Crippen LogP contribution is -2.35. The van der Waals surface area contributed by atoms with Crippen molar-refractivity contribution < 1.29 is 14.3 Å². The molecule has 2 fully saturated rings. The van der Waals surface area contributed by atoms with Crippen molar-refractivity contribution in [2.45, 2.75) is 38.0 Å². The van der Waals surface area contributed by atoms with Gasteiger partial charge in [0, 0.05) is 37.7 Å². The summed E-state index contributed by atoms with van der Waals surface area (Å²) in [5, 5.41) is 0. The lowest BCUT2D eigenvalue weighted by Gasteiger charge is -2.21. The van der Waals surface area contributed by atoms with Gasteiger partial charge in [0.05, 0.1) is 13.0 Å². The predicted octanol–water partition coefficient (Wildman–Crippen LogP) is 3.55. The van der Waals surface area contributed by atoms with E-state index in [-0.39, 0.29) is 17.7 Å². The second-order valence-electron chi connectivity index (χ2n) is 8.75. The zero-order valence-electron chi connectivity index (χ0n) is 17.5. The molecule has 5 rings (SSSR count). The number of likely N-dealkylation sites (tertiary alicyclic amines) is 1. The molecule has 30 heavy (non-hydrogen) atoms. The molecule has 0 saturated carbocycles. The average molecular weight is 405 g/mol. The molecular formula is C25H28N2O3. The van der Waals surface area contributed by atoms with Gasteiger partial charge in [-0.05, 0) is 66.6 Å². The van der Waals surface area contributed by atoms with E-state index in [0.717, 1.165) is 43.8 Å². The minimum Gasteiger partial charge on any atom is -0.497 e. The van der Waals surface area contributed by atoms with Crippen LogP contribution in [0.5, 0.6) is 5.75 Å². The van der Waals surface area contributed by atoms with Crippen LogP contribution in [0.25, 0.3) is 0 Å². The Kier molecular flexibility index (Phi) is 4.97. The van der Waals surface area contributed by atoms with Crippen LogP contribution < -0.4 is 9.64 Å². The van der Waals surface area contributed by atoms with E-state index in [1.165, 1.54) is 23.1 Å². The van der Waals surface area contributed by atoms with Crippen LogP contribution in [-0.4, -0.2) is 43.5 Å². The fourth-order valence-corrected chi connectivity index (χ4v) is 5.22. The molecule has 2 atom stereocenters. The third-order valence-electron chi connectivity index (χ3n) is 6.96. The summed E-state index contributed by atoms with van der Waals surface area (Å²) in [4.78, 5) is 29.6. The van der Waals surface area contributed by atoms with E-state index in [1.807, 2.05) is 28.0 Å². The number of ether oxygens (including phenoxy) is 1. The fraction of sp³-hybridized carbons (Fsp3) is 0.440. The SMILES string of the molecule is COc1ccc(C2CCN(C(=O)C3CC(=O)N(c4ccc5c(c4)CCC5)C3)C2)cc1. The van der Waals surface area contributed by atoms with E-state index in [9.17, 15) is 9.59 Å². The second-order valence-corrected chi connectivity index (χ2v) is 8.75. The first-order valence-electron chi connectivity index (χ1n) is 11.0. The Morgan fingerprint density at radius 3 is 2.63 bits per heavy atom. The van der Waals surface area contributed by atoms with Gasteiger partial charge in [0.1, 0.15) is 5.75 Å². The number of anilines is 1. The van der Waals surface area contributed by atoms with E-state index >= 15 is 0 Å². The fourth-order valence-electron chi connectivity index (χ4n) is 5.22. The monoisotopic (exact) mass is 404 g/mol. The molecule has 2 saturated heterocycles. The number of hydrogen-bond acceptors (Lipinski definition) is 3.